The Balaban J connectivity index is 2.25. The van der Waals surface area contributed by atoms with Gasteiger partial charge in [0.05, 0.1) is 17.1 Å². The van der Waals surface area contributed by atoms with Crippen LogP contribution in [0.2, 0.25) is 5.02 Å². The summed E-state index contributed by atoms with van der Waals surface area (Å²) in [6.07, 6.45) is -1.99. The highest BCUT2D eigenvalue weighted by atomic mass is 35.5. The second-order valence-electron chi connectivity index (χ2n) is 4.27. The van der Waals surface area contributed by atoms with E-state index in [1.54, 1.807) is 0 Å². The normalized spacial score (nSPS) is 22.6. The zero-order valence-electron chi connectivity index (χ0n) is 9.69. The summed E-state index contributed by atoms with van der Waals surface area (Å²) in [6.45, 7) is -0.00710. The Bertz CT molecular complexity index is 526. The van der Waals surface area contributed by atoms with Crippen molar-refractivity contribution in [3.8, 4) is 0 Å². The maximum atomic E-state index is 12.1. The molecule has 0 unspecified atom stereocenters. The van der Waals surface area contributed by atoms with Gasteiger partial charge in [0, 0.05) is 24.7 Å². The third kappa shape index (κ3) is 2.67. The van der Waals surface area contributed by atoms with Crippen molar-refractivity contribution in [3.63, 3.8) is 0 Å². The SMILES string of the molecule is O=C(c1ccc(Cl)c([N+](=O)[O-])c1)N1C[C@@H](O)[C@@H](O)C1. The van der Waals surface area contributed by atoms with Crippen molar-refractivity contribution in [2.75, 3.05) is 13.1 Å². The van der Waals surface area contributed by atoms with Crippen LogP contribution in [0.25, 0.3) is 0 Å². The van der Waals surface area contributed by atoms with Crippen molar-refractivity contribution in [3.05, 3.63) is 38.9 Å². The first-order valence-corrected chi connectivity index (χ1v) is 5.87. The Morgan fingerprint density at radius 1 is 1.37 bits per heavy atom. The van der Waals surface area contributed by atoms with Crippen LogP contribution in [0, 0.1) is 10.1 Å². The number of hydrogen-bond acceptors (Lipinski definition) is 5. The largest absolute Gasteiger partial charge is 0.388 e. The maximum absolute atomic E-state index is 12.1. The Labute approximate surface area is 113 Å². The molecule has 2 N–H and O–H groups in total. The number of aliphatic hydroxyl groups excluding tert-OH is 2. The van der Waals surface area contributed by atoms with Crippen LogP contribution in [0.15, 0.2) is 18.2 Å². The van der Waals surface area contributed by atoms with E-state index in [2.05, 4.69) is 0 Å². The van der Waals surface area contributed by atoms with E-state index in [0.717, 1.165) is 6.07 Å². The summed E-state index contributed by atoms with van der Waals surface area (Å²) < 4.78 is 0. The van der Waals surface area contributed by atoms with Crippen molar-refractivity contribution >= 4 is 23.2 Å². The third-order valence-electron chi connectivity index (χ3n) is 2.94. The number of halogens is 1. The number of β-amino-alcohol motifs (C(OH)–C–C–N with tert-alkyl or cyclic N) is 2. The van der Waals surface area contributed by atoms with Gasteiger partial charge in [-0.25, -0.2) is 0 Å². The number of nitrogens with zero attached hydrogens (tertiary/aromatic N) is 2. The molecule has 1 fully saturated rings. The van der Waals surface area contributed by atoms with Crippen molar-refractivity contribution in [2.24, 2.45) is 0 Å². The minimum atomic E-state index is -0.994. The molecule has 7 nitrogen and oxygen atoms in total. The topological polar surface area (TPSA) is 104 Å². The predicted molar refractivity (Wildman–Crippen MR) is 66.0 cm³/mol. The van der Waals surface area contributed by atoms with Gasteiger partial charge in [-0.15, -0.1) is 0 Å². The molecular formula is C11H11ClN2O5. The minimum Gasteiger partial charge on any atom is -0.388 e. The van der Waals surface area contributed by atoms with Gasteiger partial charge >= 0.3 is 0 Å². The van der Waals surface area contributed by atoms with Gasteiger partial charge in [-0.05, 0) is 12.1 Å². The summed E-state index contributed by atoms with van der Waals surface area (Å²) in [5.74, 6) is -0.490. The van der Waals surface area contributed by atoms with Crippen molar-refractivity contribution < 1.29 is 19.9 Å². The molecule has 1 aliphatic rings. The number of carbonyl (C=O) groups is 1. The molecule has 8 heteroatoms. The zero-order valence-corrected chi connectivity index (χ0v) is 10.4. The summed E-state index contributed by atoms with van der Waals surface area (Å²) in [7, 11) is 0. The van der Waals surface area contributed by atoms with E-state index >= 15 is 0 Å². The van der Waals surface area contributed by atoms with E-state index in [0.29, 0.717) is 0 Å². The second-order valence-corrected chi connectivity index (χ2v) is 4.68. The average molecular weight is 287 g/mol. The highest BCUT2D eigenvalue weighted by Crippen LogP contribution is 2.26. The predicted octanol–water partition coefficient (Wildman–Crippen LogP) is 0.426. The van der Waals surface area contributed by atoms with E-state index in [-0.39, 0.29) is 29.4 Å². The number of rotatable bonds is 2. The highest BCUT2D eigenvalue weighted by molar-refractivity contribution is 6.32. The molecule has 1 aromatic carbocycles. The van der Waals surface area contributed by atoms with Crippen molar-refractivity contribution in [1.29, 1.82) is 0 Å². The molecule has 1 heterocycles. The zero-order chi connectivity index (χ0) is 14.2. The number of carbonyl (C=O) groups excluding carboxylic acids is 1. The van der Waals surface area contributed by atoms with Crippen molar-refractivity contribution in [1.82, 2.24) is 4.90 Å². The van der Waals surface area contributed by atoms with E-state index in [1.165, 1.54) is 17.0 Å². The van der Waals surface area contributed by atoms with Gasteiger partial charge in [-0.2, -0.15) is 0 Å². The number of amides is 1. The number of nitro benzene ring substituents is 1. The first-order valence-electron chi connectivity index (χ1n) is 5.49. The van der Waals surface area contributed by atoms with Crippen LogP contribution in [0.4, 0.5) is 5.69 Å². The first kappa shape index (κ1) is 13.7. The van der Waals surface area contributed by atoms with Gasteiger partial charge < -0.3 is 15.1 Å². The first-order chi connectivity index (χ1) is 8.90. The van der Waals surface area contributed by atoms with Gasteiger partial charge in [0.15, 0.2) is 0 Å². The monoisotopic (exact) mass is 286 g/mol. The average Bonchev–Trinajstić information content (AvgIpc) is 2.69. The molecule has 2 atom stereocenters. The molecule has 1 aliphatic heterocycles. The molecule has 0 saturated carbocycles. The number of aliphatic hydroxyl groups is 2. The number of hydrogen-bond donors (Lipinski definition) is 2. The van der Waals surface area contributed by atoms with Crippen LogP contribution in [0.5, 0.6) is 0 Å². The van der Waals surface area contributed by atoms with E-state index < -0.39 is 23.0 Å². The van der Waals surface area contributed by atoms with Gasteiger partial charge in [-0.3, -0.25) is 14.9 Å². The van der Waals surface area contributed by atoms with Gasteiger partial charge in [0.1, 0.15) is 5.02 Å². The molecular weight excluding hydrogens is 276 g/mol. The standard InChI is InChI=1S/C11H11ClN2O5/c12-7-2-1-6(3-8(7)14(18)19)11(17)13-4-9(15)10(16)5-13/h1-3,9-10,15-16H,4-5H2/t9-,10+. The Hall–Kier alpha value is -1.70. The summed E-state index contributed by atoms with van der Waals surface area (Å²) in [4.78, 5) is 23.4. The highest BCUT2D eigenvalue weighted by Gasteiger charge is 2.33. The van der Waals surface area contributed by atoms with Crippen LogP contribution in [0.1, 0.15) is 10.4 Å². The van der Waals surface area contributed by atoms with Crippen LogP contribution < -0.4 is 0 Å². The lowest BCUT2D eigenvalue weighted by Crippen LogP contribution is -2.29. The molecule has 102 valence electrons. The van der Waals surface area contributed by atoms with Gasteiger partial charge in [0.25, 0.3) is 11.6 Å². The molecule has 0 bridgehead atoms. The summed E-state index contributed by atoms with van der Waals surface area (Å²) in [5.41, 5.74) is -0.259. The van der Waals surface area contributed by atoms with Crippen LogP contribution >= 0.6 is 11.6 Å². The molecule has 1 aromatic rings. The fraction of sp³-hybridized carbons (Fsp3) is 0.364. The number of benzene rings is 1. The second kappa shape index (κ2) is 5.12. The lowest BCUT2D eigenvalue weighted by atomic mass is 10.2. The quantitative estimate of drug-likeness (QED) is 0.606. The van der Waals surface area contributed by atoms with E-state index in [4.69, 9.17) is 11.6 Å². The Kier molecular flexibility index (Phi) is 3.70. The van der Waals surface area contributed by atoms with Crippen LogP contribution in [-0.2, 0) is 0 Å². The summed E-state index contributed by atoms with van der Waals surface area (Å²) in [5, 5.41) is 29.4. The molecule has 1 saturated heterocycles. The molecule has 19 heavy (non-hydrogen) atoms. The van der Waals surface area contributed by atoms with Crippen LogP contribution in [0.3, 0.4) is 0 Å². The lowest BCUT2D eigenvalue weighted by Gasteiger charge is -2.15. The van der Waals surface area contributed by atoms with Gasteiger partial charge in [-0.1, -0.05) is 11.6 Å². The fourth-order valence-electron chi connectivity index (χ4n) is 1.90. The Morgan fingerprint density at radius 3 is 2.47 bits per heavy atom. The van der Waals surface area contributed by atoms with E-state index in [9.17, 15) is 25.1 Å². The molecule has 0 aliphatic carbocycles. The van der Waals surface area contributed by atoms with Crippen molar-refractivity contribution in [2.45, 2.75) is 12.2 Å². The molecule has 0 radical (unpaired) electrons. The maximum Gasteiger partial charge on any atom is 0.288 e. The summed E-state index contributed by atoms with van der Waals surface area (Å²) in [6, 6.07) is 3.73. The molecule has 0 spiro atoms. The number of likely N-dealkylation sites (tertiary alicyclic amines) is 1. The molecule has 0 aromatic heterocycles. The van der Waals surface area contributed by atoms with Gasteiger partial charge in [0.2, 0.25) is 0 Å². The smallest absolute Gasteiger partial charge is 0.288 e. The molecule has 2 rings (SSSR count). The fourth-order valence-corrected chi connectivity index (χ4v) is 2.09. The summed E-state index contributed by atoms with van der Waals surface area (Å²) >= 11 is 5.66. The Morgan fingerprint density at radius 2 is 1.95 bits per heavy atom. The number of nitro groups is 1. The molecule has 1 amide bonds. The lowest BCUT2D eigenvalue weighted by molar-refractivity contribution is -0.384. The van der Waals surface area contributed by atoms with Crippen LogP contribution in [-0.4, -0.2) is 51.2 Å². The third-order valence-corrected chi connectivity index (χ3v) is 3.26. The van der Waals surface area contributed by atoms with E-state index in [1.807, 2.05) is 0 Å². The minimum absolute atomic E-state index is 0.00355.